The molecule has 0 saturated heterocycles. The van der Waals surface area contributed by atoms with Gasteiger partial charge in [0, 0.05) is 31.1 Å². The van der Waals surface area contributed by atoms with Crippen molar-refractivity contribution >= 4 is 34.1 Å². The summed E-state index contributed by atoms with van der Waals surface area (Å²) in [5.41, 5.74) is 0.333. The van der Waals surface area contributed by atoms with E-state index in [4.69, 9.17) is 0 Å². The van der Waals surface area contributed by atoms with Gasteiger partial charge in [0.15, 0.2) is 4.34 Å². The van der Waals surface area contributed by atoms with Crippen LogP contribution in [0.15, 0.2) is 23.1 Å². The number of aromatic nitrogens is 4. The molecule has 1 N–H and O–H groups in total. The SMILES string of the molecule is CC(=O)Nc1nnc(SCC2(C)CC(n3ccnc3)C2)s1. The summed E-state index contributed by atoms with van der Waals surface area (Å²) in [7, 11) is 0. The van der Waals surface area contributed by atoms with E-state index >= 15 is 0 Å². The summed E-state index contributed by atoms with van der Waals surface area (Å²) in [4.78, 5) is 15.1. The Bertz CT molecular complexity index is 618. The summed E-state index contributed by atoms with van der Waals surface area (Å²) >= 11 is 3.15. The average Bonchev–Trinajstić information content (AvgIpc) is 3.03. The second-order valence-electron chi connectivity index (χ2n) is 5.73. The number of nitrogens with zero attached hydrogens (tertiary/aromatic N) is 4. The Hall–Kier alpha value is -1.41. The topological polar surface area (TPSA) is 72.7 Å². The smallest absolute Gasteiger partial charge is 0.223 e. The highest BCUT2D eigenvalue weighted by Gasteiger charge is 2.41. The van der Waals surface area contributed by atoms with Crippen LogP contribution in [0.4, 0.5) is 5.13 Å². The van der Waals surface area contributed by atoms with Crippen LogP contribution in [0.2, 0.25) is 0 Å². The first-order valence-corrected chi connectivity index (χ1v) is 8.56. The third kappa shape index (κ3) is 3.44. The van der Waals surface area contributed by atoms with Crippen LogP contribution < -0.4 is 5.32 Å². The molecule has 1 saturated carbocycles. The molecule has 1 fully saturated rings. The molecular weight excluding hydrogens is 306 g/mol. The van der Waals surface area contributed by atoms with Gasteiger partial charge in [-0.1, -0.05) is 30.0 Å². The van der Waals surface area contributed by atoms with Crippen molar-refractivity contribution in [3.63, 3.8) is 0 Å². The van der Waals surface area contributed by atoms with Crippen molar-refractivity contribution in [2.75, 3.05) is 11.1 Å². The Morgan fingerprint density at radius 2 is 2.38 bits per heavy atom. The maximum absolute atomic E-state index is 11.0. The molecule has 1 aliphatic rings. The van der Waals surface area contributed by atoms with Crippen LogP contribution >= 0.6 is 23.1 Å². The molecule has 0 aromatic carbocycles. The molecule has 0 radical (unpaired) electrons. The maximum Gasteiger partial charge on any atom is 0.223 e. The molecule has 0 bridgehead atoms. The van der Waals surface area contributed by atoms with Crippen LogP contribution in [0.25, 0.3) is 0 Å². The summed E-state index contributed by atoms with van der Waals surface area (Å²) in [6.45, 7) is 3.78. The largest absolute Gasteiger partial charge is 0.334 e. The van der Waals surface area contributed by atoms with Gasteiger partial charge in [0.05, 0.1) is 6.33 Å². The van der Waals surface area contributed by atoms with E-state index < -0.39 is 0 Å². The first kappa shape index (κ1) is 14.5. The Morgan fingerprint density at radius 1 is 1.57 bits per heavy atom. The lowest BCUT2D eigenvalue weighted by Crippen LogP contribution is -2.37. The summed E-state index contributed by atoms with van der Waals surface area (Å²) in [6, 6.07) is 0.572. The Labute approximate surface area is 131 Å². The Kier molecular flexibility index (Phi) is 3.99. The fourth-order valence-corrected chi connectivity index (χ4v) is 4.58. The molecule has 1 amide bonds. The molecule has 112 valence electrons. The lowest BCUT2D eigenvalue weighted by Gasteiger charge is -2.45. The van der Waals surface area contributed by atoms with Crippen molar-refractivity contribution in [3.8, 4) is 0 Å². The Balaban J connectivity index is 1.49. The van der Waals surface area contributed by atoms with Gasteiger partial charge in [0.25, 0.3) is 0 Å². The van der Waals surface area contributed by atoms with E-state index in [1.807, 2.05) is 18.7 Å². The number of anilines is 1. The molecule has 2 heterocycles. The van der Waals surface area contributed by atoms with Crippen LogP contribution in [0.5, 0.6) is 0 Å². The second kappa shape index (κ2) is 5.76. The van der Waals surface area contributed by atoms with Crippen LogP contribution in [-0.2, 0) is 4.79 Å². The quantitative estimate of drug-likeness (QED) is 0.676. The second-order valence-corrected chi connectivity index (χ2v) is 7.93. The zero-order chi connectivity index (χ0) is 14.9. The van der Waals surface area contributed by atoms with E-state index in [1.165, 1.54) is 18.3 Å². The van der Waals surface area contributed by atoms with Crippen LogP contribution in [0, 0.1) is 5.41 Å². The Morgan fingerprint density at radius 3 is 3.05 bits per heavy atom. The van der Waals surface area contributed by atoms with Gasteiger partial charge in [-0.3, -0.25) is 4.79 Å². The number of imidazole rings is 1. The summed E-state index contributed by atoms with van der Waals surface area (Å²) in [5.74, 6) is 0.907. The van der Waals surface area contributed by atoms with E-state index in [2.05, 4.69) is 32.0 Å². The predicted octanol–water partition coefficient (Wildman–Crippen LogP) is 2.83. The van der Waals surface area contributed by atoms with Gasteiger partial charge < -0.3 is 9.88 Å². The third-order valence-corrected chi connectivity index (χ3v) is 6.04. The molecule has 21 heavy (non-hydrogen) atoms. The lowest BCUT2D eigenvalue weighted by molar-refractivity contribution is -0.114. The number of thioether (sulfide) groups is 1. The predicted molar refractivity (Wildman–Crippen MR) is 83.5 cm³/mol. The van der Waals surface area contributed by atoms with Crippen molar-refractivity contribution in [2.24, 2.45) is 5.41 Å². The molecule has 0 spiro atoms. The highest BCUT2D eigenvalue weighted by atomic mass is 32.2. The number of hydrogen-bond donors (Lipinski definition) is 1. The fraction of sp³-hybridized carbons (Fsp3) is 0.538. The van der Waals surface area contributed by atoms with Gasteiger partial charge in [-0.15, -0.1) is 10.2 Å². The normalized spacial score (nSPS) is 24.6. The molecule has 0 atom stereocenters. The van der Waals surface area contributed by atoms with Gasteiger partial charge in [-0.05, 0) is 18.3 Å². The molecule has 3 rings (SSSR count). The number of carbonyl (C=O) groups excluding carboxylic acids is 1. The van der Waals surface area contributed by atoms with E-state index in [1.54, 1.807) is 11.8 Å². The summed E-state index contributed by atoms with van der Waals surface area (Å²) in [6.07, 6.45) is 8.07. The zero-order valence-corrected chi connectivity index (χ0v) is 13.6. The molecule has 2 aromatic heterocycles. The van der Waals surface area contributed by atoms with Crippen LogP contribution in [0.3, 0.4) is 0 Å². The van der Waals surface area contributed by atoms with Crippen molar-refractivity contribution in [3.05, 3.63) is 18.7 Å². The lowest BCUT2D eigenvalue weighted by atomic mass is 9.68. The summed E-state index contributed by atoms with van der Waals surface area (Å²) in [5, 5.41) is 11.3. The van der Waals surface area contributed by atoms with Gasteiger partial charge in [0.2, 0.25) is 11.0 Å². The van der Waals surface area contributed by atoms with Gasteiger partial charge in [-0.2, -0.15) is 0 Å². The summed E-state index contributed by atoms with van der Waals surface area (Å²) < 4.78 is 3.10. The standard InChI is InChI=1S/C13H17N5OS2/c1-9(19)15-11-16-17-12(21-11)20-7-13(2)5-10(6-13)18-4-3-14-8-18/h3-4,8,10H,5-7H2,1-2H3,(H,15,16,19). The highest BCUT2D eigenvalue weighted by Crippen LogP contribution is 2.50. The minimum atomic E-state index is -0.114. The van der Waals surface area contributed by atoms with Gasteiger partial charge in [-0.25, -0.2) is 4.98 Å². The number of rotatable bonds is 5. The van der Waals surface area contributed by atoms with E-state index in [9.17, 15) is 4.79 Å². The fourth-order valence-electron chi connectivity index (χ4n) is 2.60. The van der Waals surface area contributed by atoms with E-state index in [0.29, 0.717) is 16.6 Å². The van der Waals surface area contributed by atoms with E-state index in [0.717, 1.165) is 22.9 Å². The zero-order valence-electron chi connectivity index (χ0n) is 11.9. The molecule has 2 aromatic rings. The highest BCUT2D eigenvalue weighted by molar-refractivity contribution is 8.01. The number of amides is 1. The minimum Gasteiger partial charge on any atom is -0.334 e. The molecule has 0 unspecified atom stereocenters. The first-order chi connectivity index (χ1) is 10.0. The number of nitrogens with one attached hydrogen (secondary N) is 1. The molecule has 6 nitrogen and oxygen atoms in total. The molecule has 0 aliphatic heterocycles. The monoisotopic (exact) mass is 323 g/mol. The third-order valence-electron chi connectivity index (χ3n) is 3.64. The van der Waals surface area contributed by atoms with Crippen molar-refractivity contribution in [1.82, 2.24) is 19.7 Å². The van der Waals surface area contributed by atoms with Crippen molar-refractivity contribution in [1.29, 1.82) is 0 Å². The van der Waals surface area contributed by atoms with Crippen LogP contribution in [0.1, 0.15) is 32.7 Å². The number of carbonyl (C=O) groups is 1. The molecular formula is C13H17N5OS2. The van der Waals surface area contributed by atoms with Gasteiger partial charge >= 0.3 is 0 Å². The van der Waals surface area contributed by atoms with Gasteiger partial charge in [0.1, 0.15) is 0 Å². The minimum absolute atomic E-state index is 0.114. The first-order valence-electron chi connectivity index (χ1n) is 6.75. The van der Waals surface area contributed by atoms with Crippen molar-refractivity contribution in [2.45, 2.75) is 37.1 Å². The molecule has 8 heteroatoms. The molecule has 1 aliphatic carbocycles. The average molecular weight is 323 g/mol. The maximum atomic E-state index is 11.0. The van der Waals surface area contributed by atoms with Crippen LogP contribution in [-0.4, -0.2) is 31.4 Å². The number of hydrogen-bond acceptors (Lipinski definition) is 6. The van der Waals surface area contributed by atoms with Crippen molar-refractivity contribution < 1.29 is 4.79 Å². The van der Waals surface area contributed by atoms with E-state index in [-0.39, 0.29) is 5.91 Å².